The van der Waals surface area contributed by atoms with Crippen molar-refractivity contribution in [3.8, 4) is 0 Å². The lowest BCUT2D eigenvalue weighted by molar-refractivity contribution is 0.249. The van der Waals surface area contributed by atoms with Crippen molar-refractivity contribution in [3.63, 3.8) is 0 Å². The highest BCUT2D eigenvalue weighted by Gasteiger charge is 2.14. The van der Waals surface area contributed by atoms with Gasteiger partial charge in [-0.25, -0.2) is 4.98 Å². The van der Waals surface area contributed by atoms with E-state index < -0.39 is 0 Å². The van der Waals surface area contributed by atoms with E-state index in [0.29, 0.717) is 21.8 Å². The van der Waals surface area contributed by atoms with Gasteiger partial charge in [-0.05, 0) is 12.0 Å². The van der Waals surface area contributed by atoms with Gasteiger partial charge in [-0.15, -0.1) is 0 Å². The molecule has 0 saturated carbocycles. The highest BCUT2D eigenvalue weighted by Crippen LogP contribution is 2.23. The molecule has 1 aromatic heterocycles. The zero-order valence-corrected chi connectivity index (χ0v) is 10.2. The molecule has 0 aromatic carbocycles. The molecule has 1 heterocycles. The number of halogens is 2. The lowest BCUT2D eigenvalue weighted by Crippen LogP contribution is -2.29. The summed E-state index contributed by atoms with van der Waals surface area (Å²) in [4.78, 5) is 4.06. The van der Waals surface area contributed by atoms with E-state index in [2.05, 4.69) is 10.3 Å². The monoisotopic (exact) mass is 248 g/mol. The molecule has 15 heavy (non-hydrogen) atoms. The Labute approximate surface area is 99.4 Å². The zero-order chi connectivity index (χ0) is 11.4. The van der Waals surface area contributed by atoms with Crippen LogP contribution in [0, 0.1) is 5.92 Å². The smallest absolute Gasteiger partial charge is 0.145 e. The Morgan fingerprint density at radius 2 is 2.13 bits per heavy atom. The molecular formula is C10H14Cl2N2O. The quantitative estimate of drug-likeness (QED) is 0.862. The van der Waals surface area contributed by atoms with Gasteiger partial charge in [0.05, 0.1) is 22.7 Å². The maximum atomic E-state index is 9.14. The second-order valence-electron chi connectivity index (χ2n) is 3.66. The van der Waals surface area contributed by atoms with E-state index in [9.17, 15) is 0 Å². The number of hydrogen-bond donors (Lipinski definition) is 2. The summed E-state index contributed by atoms with van der Waals surface area (Å²) in [6.07, 6.45) is 1.52. The number of aliphatic hydroxyl groups is 1. The number of aromatic nitrogens is 1. The van der Waals surface area contributed by atoms with Gasteiger partial charge in [0.1, 0.15) is 5.82 Å². The Bertz CT molecular complexity index is 331. The fourth-order valence-electron chi connectivity index (χ4n) is 1.12. The number of rotatable bonds is 4. The van der Waals surface area contributed by atoms with Gasteiger partial charge >= 0.3 is 0 Å². The third-order valence-corrected chi connectivity index (χ3v) is 2.63. The van der Waals surface area contributed by atoms with Crippen LogP contribution >= 0.6 is 23.2 Å². The zero-order valence-electron chi connectivity index (χ0n) is 8.67. The summed E-state index contributed by atoms with van der Waals surface area (Å²) in [7, 11) is 0. The minimum Gasteiger partial charge on any atom is -0.394 e. The second kappa shape index (κ2) is 5.54. The maximum Gasteiger partial charge on any atom is 0.145 e. The van der Waals surface area contributed by atoms with Crippen LogP contribution < -0.4 is 5.32 Å². The van der Waals surface area contributed by atoms with Crippen molar-refractivity contribution in [2.24, 2.45) is 5.92 Å². The number of hydrogen-bond acceptors (Lipinski definition) is 3. The minimum absolute atomic E-state index is 0.0400. The van der Waals surface area contributed by atoms with Gasteiger partial charge in [0.15, 0.2) is 0 Å². The number of pyridine rings is 1. The van der Waals surface area contributed by atoms with Crippen molar-refractivity contribution in [3.05, 3.63) is 22.3 Å². The third-order valence-electron chi connectivity index (χ3n) is 2.13. The van der Waals surface area contributed by atoms with Crippen LogP contribution in [0.2, 0.25) is 10.0 Å². The normalized spacial score (nSPS) is 12.9. The molecule has 0 aliphatic heterocycles. The van der Waals surface area contributed by atoms with Gasteiger partial charge in [-0.1, -0.05) is 37.0 Å². The lowest BCUT2D eigenvalue weighted by atomic mass is 10.1. The van der Waals surface area contributed by atoms with E-state index in [0.717, 1.165) is 0 Å². The molecule has 0 saturated heterocycles. The molecule has 0 fully saturated rings. The molecule has 1 aromatic rings. The van der Waals surface area contributed by atoms with Crippen molar-refractivity contribution in [2.75, 3.05) is 11.9 Å². The minimum atomic E-state index is -0.0591. The van der Waals surface area contributed by atoms with E-state index >= 15 is 0 Å². The fourth-order valence-corrected chi connectivity index (χ4v) is 1.55. The molecule has 1 rings (SSSR count). The van der Waals surface area contributed by atoms with Crippen molar-refractivity contribution in [1.82, 2.24) is 4.98 Å². The Hall–Kier alpha value is -0.510. The molecular weight excluding hydrogens is 235 g/mol. The molecule has 0 aliphatic rings. The summed E-state index contributed by atoms with van der Waals surface area (Å²) in [5.41, 5.74) is 0. The van der Waals surface area contributed by atoms with E-state index in [1.165, 1.54) is 6.20 Å². The van der Waals surface area contributed by atoms with Crippen LogP contribution in [-0.4, -0.2) is 22.7 Å². The van der Waals surface area contributed by atoms with Gasteiger partial charge in [-0.3, -0.25) is 0 Å². The van der Waals surface area contributed by atoms with Gasteiger partial charge in [0.25, 0.3) is 0 Å². The summed E-state index contributed by atoms with van der Waals surface area (Å²) < 4.78 is 0. The van der Waals surface area contributed by atoms with Gasteiger partial charge < -0.3 is 10.4 Å². The first kappa shape index (κ1) is 12.6. The number of nitrogens with zero attached hydrogens (tertiary/aromatic N) is 1. The summed E-state index contributed by atoms with van der Waals surface area (Å²) in [6, 6.07) is 1.56. The van der Waals surface area contributed by atoms with Crippen LogP contribution in [0.4, 0.5) is 5.82 Å². The SMILES string of the molecule is CC(C)C(CO)Nc1ncc(Cl)cc1Cl. The highest BCUT2D eigenvalue weighted by molar-refractivity contribution is 6.35. The van der Waals surface area contributed by atoms with Crippen molar-refractivity contribution >= 4 is 29.0 Å². The Morgan fingerprint density at radius 1 is 1.47 bits per heavy atom. The Kier molecular flexibility index (Phi) is 4.64. The summed E-state index contributed by atoms with van der Waals surface area (Å²) in [5, 5.41) is 13.2. The van der Waals surface area contributed by atoms with Crippen LogP contribution in [0.25, 0.3) is 0 Å². The van der Waals surface area contributed by atoms with E-state index in [1.807, 2.05) is 13.8 Å². The molecule has 0 amide bonds. The van der Waals surface area contributed by atoms with Crippen LogP contribution in [0.5, 0.6) is 0 Å². The molecule has 5 heteroatoms. The first-order valence-electron chi connectivity index (χ1n) is 4.73. The average molecular weight is 249 g/mol. The van der Waals surface area contributed by atoms with Crippen LogP contribution in [-0.2, 0) is 0 Å². The largest absolute Gasteiger partial charge is 0.394 e. The van der Waals surface area contributed by atoms with Crippen molar-refractivity contribution in [1.29, 1.82) is 0 Å². The predicted molar refractivity (Wildman–Crippen MR) is 63.6 cm³/mol. The second-order valence-corrected chi connectivity index (χ2v) is 4.51. The fraction of sp³-hybridized carbons (Fsp3) is 0.500. The summed E-state index contributed by atoms with van der Waals surface area (Å²) in [5.74, 6) is 0.845. The summed E-state index contributed by atoms with van der Waals surface area (Å²) in [6.45, 7) is 4.06. The molecule has 2 N–H and O–H groups in total. The molecule has 0 bridgehead atoms. The van der Waals surface area contributed by atoms with Crippen molar-refractivity contribution < 1.29 is 5.11 Å². The molecule has 3 nitrogen and oxygen atoms in total. The van der Waals surface area contributed by atoms with Crippen molar-refractivity contribution in [2.45, 2.75) is 19.9 Å². The van der Waals surface area contributed by atoms with Gasteiger partial charge in [0.2, 0.25) is 0 Å². The molecule has 84 valence electrons. The Balaban J connectivity index is 2.79. The number of nitrogens with one attached hydrogen (secondary N) is 1. The number of anilines is 1. The van der Waals surface area contributed by atoms with Crippen LogP contribution in [0.1, 0.15) is 13.8 Å². The van der Waals surface area contributed by atoms with E-state index in [-0.39, 0.29) is 12.6 Å². The predicted octanol–water partition coefficient (Wildman–Crippen LogP) is 2.82. The standard InChI is InChI=1S/C10H14Cl2N2O/c1-6(2)9(5-15)14-10-8(12)3-7(11)4-13-10/h3-4,6,9,15H,5H2,1-2H3,(H,13,14). The Morgan fingerprint density at radius 3 is 2.60 bits per heavy atom. The first-order chi connectivity index (χ1) is 7.04. The van der Waals surface area contributed by atoms with Gasteiger partial charge in [0, 0.05) is 6.20 Å². The third kappa shape index (κ3) is 3.52. The first-order valence-corrected chi connectivity index (χ1v) is 5.48. The average Bonchev–Trinajstić information content (AvgIpc) is 2.16. The summed E-state index contributed by atoms with van der Waals surface area (Å²) >= 11 is 11.7. The number of aliphatic hydroxyl groups excluding tert-OH is 1. The lowest BCUT2D eigenvalue weighted by Gasteiger charge is -2.20. The molecule has 1 unspecified atom stereocenters. The van der Waals surface area contributed by atoms with Gasteiger partial charge in [-0.2, -0.15) is 0 Å². The molecule has 0 spiro atoms. The van der Waals surface area contributed by atoms with Crippen LogP contribution in [0.15, 0.2) is 12.3 Å². The topological polar surface area (TPSA) is 45.1 Å². The molecule has 0 radical (unpaired) electrons. The maximum absolute atomic E-state index is 9.14. The van der Waals surface area contributed by atoms with E-state index in [1.54, 1.807) is 6.07 Å². The highest BCUT2D eigenvalue weighted by atomic mass is 35.5. The van der Waals surface area contributed by atoms with Crippen LogP contribution in [0.3, 0.4) is 0 Å². The molecule has 1 atom stereocenters. The molecule has 0 aliphatic carbocycles. The van der Waals surface area contributed by atoms with E-state index in [4.69, 9.17) is 28.3 Å².